The number of nitrogens with zero attached hydrogens (tertiary/aromatic N) is 1. The molecule has 8 nitrogen and oxygen atoms in total. The number of hydrogen-bond acceptors (Lipinski definition) is 5. The number of carboxylic acid groups (broad SMARTS) is 1. The summed E-state index contributed by atoms with van der Waals surface area (Å²) in [7, 11) is 0. The number of nitrogens with two attached hydrogens (primary N) is 1. The summed E-state index contributed by atoms with van der Waals surface area (Å²) in [5, 5.41) is 11.9. The van der Waals surface area contributed by atoms with Gasteiger partial charge < -0.3 is 20.9 Å². The maximum absolute atomic E-state index is 11.8. The van der Waals surface area contributed by atoms with E-state index in [4.69, 9.17) is 10.5 Å². The number of carbonyl (C=O) groups is 3. The van der Waals surface area contributed by atoms with Crippen LogP contribution in [0.2, 0.25) is 0 Å². The lowest BCUT2D eigenvalue weighted by Crippen LogP contribution is -2.58. The second-order valence-electron chi connectivity index (χ2n) is 6.31. The number of hydrogen-bond donors (Lipinski definition) is 3. The van der Waals surface area contributed by atoms with Crippen molar-refractivity contribution >= 4 is 18.0 Å². The molecule has 2 unspecified atom stereocenters. The summed E-state index contributed by atoms with van der Waals surface area (Å²) in [6.45, 7) is 7.04. The molecule has 0 spiro atoms. The maximum Gasteiger partial charge on any atom is 0.408 e. The van der Waals surface area contributed by atoms with Gasteiger partial charge in [-0.1, -0.05) is 0 Å². The standard InChI is InChI=1S/C13H23N3O5/c1-8(9(14)17)16-6-5-13(7-16,10(18)19)15-11(20)21-12(2,3)4/h8H,5-7H2,1-4H3,(H2,14,17)(H,15,20)(H,18,19). The van der Waals surface area contributed by atoms with E-state index in [1.54, 1.807) is 32.6 Å². The number of nitrogens with one attached hydrogen (secondary N) is 1. The van der Waals surface area contributed by atoms with Gasteiger partial charge >= 0.3 is 12.1 Å². The van der Waals surface area contributed by atoms with Gasteiger partial charge in [-0.15, -0.1) is 0 Å². The first kappa shape index (κ1) is 17.2. The van der Waals surface area contributed by atoms with Gasteiger partial charge in [-0.3, -0.25) is 9.69 Å². The third-order valence-electron chi connectivity index (χ3n) is 3.41. The molecule has 0 radical (unpaired) electrons. The average Bonchev–Trinajstić information content (AvgIpc) is 2.70. The highest BCUT2D eigenvalue weighted by Crippen LogP contribution is 2.24. The Morgan fingerprint density at radius 1 is 1.38 bits per heavy atom. The second-order valence-corrected chi connectivity index (χ2v) is 6.31. The number of rotatable bonds is 4. The first-order valence-corrected chi connectivity index (χ1v) is 6.75. The molecular formula is C13H23N3O5. The molecule has 2 atom stereocenters. The number of carboxylic acids is 1. The van der Waals surface area contributed by atoms with Crippen LogP contribution in [-0.2, 0) is 14.3 Å². The number of primary amides is 1. The molecule has 1 heterocycles. The summed E-state index contributed by atoms with van der Waals surface area (Å²) < 4.78 is 5.09. The van der Waals surface area contributed by atoms with Crippen LogP contribution in [0.5, 0.6) is 0 Å². The minimum atomic E-state index is -1.47. The average molecular weight is 301 g/mol. The van der Waals surface area contributed by atoms with Crippen LogP contribution in [0, 0.1) is 0 Å². The fourth-order valence-corrected chi connectivity index (χ4v) is 2.18. The van der Waals surface area contributed by atoms with Crippen molar-refractivity contribution in [3.63, 3.8) is 0 Å². The Morgan fingerprint density at radius 2 is 1.95 bits per heavy atom. The topological polar surface area (TPSA) is 122 Å². The molecule has 0 aromatic rings. The summed E-state index contributed by atoms with van der Waals surface area (Å²) in [6, 6.07) is -0.591. The van der Waals surface area contributed by atoms with E-state index in [0.29, 0.717) is 6.54 Å². The van der Waals surface area contributed by atoms with Gasteiger partial charge in [0, 0.05) is 13.1 Å². The molecule has 1 fully saturated rings. The first-order valence-electron chi connectivity index (χ1n) is 6.75. The molecule has 1 aliphatic rings. The molecule has 8 heteroatoms. The smallest absolute Gasteiger partial charge is 0.408 e. The highest BCUT2D eigenvalue weighted by molar-refractivity contribution is 5.86. The lowest BCUT2D eigenvalue weighted by Gasteiger charge is -2.29. The third-order valence-corrected chi connectivity index (χ3v) is 3.41. The van der Waals surface area contributed by atoms with E-state index in [-0.39, 0.29) is 13.0 Å². The van der Waals surface area contributed by atoms with Crippen LogP contribution < -0.4 is 11.1 Å². The van der Waals surface area contributed by atoms with E-state index in [1.807, 2.05) is 0 Å². The minimum Gasteiger partial charge on any atom is -0.479 e. The normalized spacial score (nSPS) is 24.4. The fourth-order valence-electron chi connectivity index (χ4n) is 2.18. The number of likely N-dealkylation sites (tertiary alicyclic amines) is 1. The van der Waals surface area contributed by atoms with Crippen molar-refractivity contribution in [1.29, 1.82) is 0 Å². The Hall–Kier alpha value is -1.83. The van der Waals surface area contributed by atoms with Gasteiger partial charge in [-0.2, -0.15) is 0 Å². The number of carbonyl (C=O) groups excluding carboxylic acids is 2. The Bertz CT molecular complexity index is 446. The van der Waals surface area contributed by atoms with Crippen LogP contribution in [0.3, 0.4) is 0 Å². The highest BCUT2D eigenvalue weighted by atomic mass is 16.6. The largest absolute Gasteiger partial charge is 0.479 e. The molecule has 2 amide bonds. The predicted molar refractivity (Wildman–Crippen MR) is 74.6 cm³/mol. The molecule has 4 N–H and O–H groups in total. The van der Waals surface area contributed by atoms with Crippen LogP contribution in [0.25, 0.3) is 0 Å². The summed E-state index contributed by atoms with van der Waals surface area (Å²) >= 11 is 0. The third kappa shape index (κ3) is 4.32. The maximum atomic E-state index is 11.8. The SMILES string of the molecule is CC(C(N)=O)N1CCC(NC(=O)OC(C)(C)C)(C(=O)O)C1. The van der Waals surface area contributed by atoms with Crippen molar-refractivity contribution in [2.24, 2.45) is 5.73 Å². The Kier molecular flexibility index (Phi) is 4.83. The van der Waals surface area contributed by atoms with Gasteiger partial charge in [-0.05, 0) is 34.1 Å². The van der Waals surface area contributed by atoms with Crippen LogP contribution in [0.1, 0.15) is 34.1 Å². The van der Waals surface area contributed by atoms with Gasteiger partial charge in [0.1, 0.15) is 5.60 Å². The van der Waals surface area contributed by atoms with Crippen LogP contribution >= 0.6 is 0 Å². The van der Waals surface area contributed by atoms with Crippen LogP contribution in [0.15, 0.2) is 0 Å². The summed E-state index contributed by atoms with van der Waals surface area (Å²) in [6.07, 6.45) is -0.613. The van der Waals surface area contributed by atoms with Crippen molar-refractivity contribution in [1.82, 2.24) is 10.2 Å². The molecule has 0 aromatic heterocycles. The highest BCUT2D eigenvalue weighted by Gasteiger charge is 2.48. The molecule has 1 saturated heterocycles. The number of alkyl carbamates (subject to hydrolysis) is 1. The molecule has 1 aliphatic heterocycles. The van der Waals surface area contributed by atoms with Gasteiger partial charge in [0.25, 0.3) is 0 Å². The van der Waals surface area contributed by atoms with Crippen molar-refractivity contribution in [3.8, 4) is 0 Å². The predicted octanol–water partition coefficient (Wildman–Crippen LogP) is -0.0860. The fraction of sp³-hybridized carbons (Fsp3) is 0.769. The van der Waals surface area contributed by atoms with Crippen LogP contribution in [0.4, 0.5) is 4.79 Å². The molecule has 0 saturated carbocycles. The molecule has 21 heavy (non-hydrogen) atoms. The van der Waals surface area contributed by atoms with Gasteiger partial charge in [0.05, 0.1) is 6.04 Å². The van der Waals surface area contributed by atoms with E-state index in [1.165, 1.54) is 0 Å². The zero-order valence-corrected chi connectivity index (χ0v) is 12.8. The van der Waals surface area contributed by atoms with Crippen molar-refractivity contribution in [2.75, 3.05) is 13.1 Å². The first-order chi connectivity index (χ1) is 9.47. The van der Waals surface area contributed by atoms with E-state index >= 15 is 0 Å². The lowest BCUT2D eigenvalue weighted by molar-refractivity contribution is -0.144. The zero-order chi connectivity index (χ0) is 16.4. The summed E-state index contributed by atoms with van der Waals surface area (Å²) in [5.74, 6) is -1.69. The number of aliphatic carboxylic acids is 1. The quantitative estimate of drug-likeness (QED) is 0.667. The Balaban J connectivity index is 2.81. The summed E-state index contributed by atoms with van der Waals surface area (Å²) in [4.78, 5) is 36.2. The lowest BCUT2D eigenvalue weighted by atomic mass is 9.99. The Labute approximate surface area is 123 Å². The van der Waals surface area contributed by atoms with E-state index < -0.39 is 35.2 Å². The minimum absolute atomic E-state index is 0.00564. The van der Waals surface area contributed by atoms with Crippen molar-refractivity contribution < 1.29 is 24.2 Å². The molecule has 120 valence electrons. The van der Waals surface area contributed by atoms with E-state index in [0.717, 1.165) is 0 Å². The zero-order valence-electron chi connectivity index (χ0n) is 12.8. The van der Waals surface area contributed by atoms with Gasteiger partial charge in [0.15, 0.2) is 5.54 Å². The number of ether oxygens (including phenoxy) is 1. The Morgan fingerprint density at radius 3 is 2.38 bits per heavy atom. The van der Waals surface area contributed by atoms with Crippen molar-refractivity contribution in [3.05, 3.63) is 0 Å². The molecule has 0 aliphatic carbocycles. The molecule has 0 bridgehead atoms. The monoisotopic (exact) mass is 301 g/mol. The molecular weight excluding hydrogens is 278 g/mol. The molecule has 1 rings (SSSR count). The van der Waals surface area contributed by atoms with Crippen molar-refractivity contribution in [2.45, 2.75) is 51.3 Å². The van der Waals surface area contributed by atoms with E-state index in [9.17, 15) is 19.5 Å². The van der Waals surface area contributed by atoms with E-state index in [2.05, 4.69) is 5.32 Å². The second kappa shape index (κ2) is 5.88. The molecule has 0 aromatic carbocycles. The number of amides is 2. The summed E-state index contributed by atoms with van der Waals surface area (Å²) in [5.41, 5.74) is 3.04. The van der Waals surface area contributed by atoms with Gasteiger partial charge in [0.2, 0.25) is 5.91 Å². The van der Waals surface area contributed by atoms with Crippen LogP contribution in [-0.4, -0.2) is 58.2 Å². The van der Waals surface area contributed by atoms with Gasteiger partial charge in [-0.25, -0.2) is 9.59 Å².